The summed E-state index contributed by atoms with van der Waals surface area (Å²) in [5.41, 5.74) is 5.34. The van der Waals surface area contributed by atoms with Crippen LogP contribution in [0, 0.1) is 5.92 Å². The van der Waals surface area contributed by atoms with Gasteiger partial charge in [-0.1, -0.05) is 67.6 Å². The van der Waals surface area contributed by atoms with Crippen molar-refractivity contribution in [3.8, 4) is 23.0 Å². The molecule has 9 nitrogen and oxygen atoms in total. The van der Waals surface area contributed by atoms with Gasteiger partial charge in [0.05, 0.1) is 11.1 Å². The van der Waals surface area contributed by atoms with E-state index in [-0.39, 0.29) is 18.1 Å². The van der Waals surface area contributed by atoms with E-state index in [1.165, 1.54) is 0 Å². The minimum Gasteiger partial charge on any atom is -0.473 e. The van der Waals surface area contributed by atoms with Crippen molar-refractivity contribution in [1.82, 2.24) is 19.7 Å². The van der Waals surface area contributed by atoms with Gasteiger partial charge in [-0.2, -0.15) is 10.1 Å². The highest BCUT2D eigenvalue weighted by atomic mass is 16.6. The fraction of sp³-hybridized carbons (Fsp3) is 0.359. The molecule has 1 amide bonds. The summed E-state index contributed by atoms with van der Waals surface area (Å²) in [6.45, 7) is 10.4. The number of hydrogen-bond donors (Lipinski definition) is 0. The van der Waals surface area contributed by atoms with Gasteiger partial charge in [0.1, 0.15) is 24.5 Å². The Hall–Kier alpha value is -5.05. The molecule has 1 fully saturated rings. The predicted molar refractivity (Wildman–Crippen MR) is 189 cm³/mol. The SMILES string of the molecule is C[C@@H]1CN(c2ccc3c(-c4ccc(OCc5ccccc5)nc4OCc4ccccc4)nn(C)c3c2)CC[C@@H]1N(C)C(=O)OC(C)(C)C. The van der Waals surface area contributed by atoms with E-state index in [9.17, 15) is 4.79 Å². The summed E-state index contributed by atoms with van der Waals surface area (Å²) in [4.78, 5) is 21.7. The lowest BCUT2D eigenvalue weighted by Gasteiger charge is -2.42. The number of hydrogen-bond acceptors (Lipinski definition) is 7. The van der Waals surface area contributed by atoms with Crippen LogP contribution in [0.1, 0.15) is 45.2 Å². The molecule has 250 valence electrons. The molecule has 0 radical (unpaired) electrons. The zero-order valence-electron chi connectivity index (χ0n) is 28.7. The molecule has 1 aliphatic heterocycles. The van der Waals surface area contributed by atoms with Crippen LogP contribution in [0.4, 0.5) is 10.5 Å². The van der Waals surface area contributed by atoms with Gasteiger partial charge in [-0.3, -0.25) is 4.68 Å². The molecule has 3 aromatic carbocycles. The van der Waals surface area contributed by atoms with Gasteiger partial charge in [-0.15, -0.1) is 0 Å². The molecule has 0 unspecified atom stereocenters. The van der Waals surface area contributed by atoms with Crippen molar-refractivity contribution in [3.05, 3.63) is 102 Å². The summed E-state index contributed by atoms with van der Waals surface area (Å²) in [7, 11) is 3.82. The number of benzene rings is 3. The normalized spacial score (nSPS) is 16.5. The van der Waals surface area contributed by atoms with Gasteiger partial charge >= 0.3 is 6.09 Å². The molecule has 9 heteroatoms. The van der Waals surface area contributed by atoms with E-state index in [1.807, 2.05) is 112 Å². The number of piperidine rings is 1. The van der Waals surface area contributed by atoms with E-state index in [1.54, 1.807) is 4.90 Å². The molecule has 48 heavy (non-hydrogen) atoms. The van der Waals surface area contributed by atoms with Crippen LogP contribution < -0.4 is 14.4 Å². The maximum Gasteiger partial charge on any atom is 0.410 e. The first-order valence-electron chi connectivity index (χ1n) is 16.6. The molecule has 1 aliphatic rings. The fourth-order valence-electron chi connectivity index (χ4n) is 6.31. The maximum atomic E-state index is 12.8. The maximum absolute atomic E-state index is 12.8. The Morgan fingerprint density at radius 1 is 0.917 bits per heavy atom. The van der Waals surface area contributed by atoms with Crippen LogP contribution in [0.2, 0.25) is 0 Å². The van der Waals surface area contributed by atoms with Crippen LogP contribution in [0.5, 0.6) is 11.8 Å². The minimum atomic E-state index is -0.518. The number of ether oxygens (including phenoxy) is 3. The summed E-state index contributed by atoms with van der Waals surface area (Å²) in [5, 5.41) is 5.98. The van der Waals surface area contributed by atoms with Crippen LogP contribution in [0.3, 0.4) is 0 Å². The molecule has 2 aromatic heterocycles. The number of amides is 1. The van der Waals surface area contributed by atoms with Crippen molar-refractivity contribution >= 4 is 22.7 Å². The first-order valence-corrected chi connectivity index (χ1v) is 16.6. The van der Waals surface area contributed by atoms with E-state index in [0.717, 1.165) is 58.5 Å². The second-order valence-electron chi connectivity index (χ2n) is 13.6. The lowest BCUT2D eigenvalue weighted by Crippen LogP contribution is -2.51. The standard InChI is InChI=1S/C39H45N5O4/c1-27-24-44(22-21-33(27)42(5)38(45)48-39(2,3)4)30-17-18-31-34(23-30)43(6)41-36(31)32-19-20-35(46-25-28-13-9-7-10-14-28)40-37(32)47-26-29-15-11-8-12-16-29/h7-20,23,27,33H,21-22,24-26H2,1-6H3/t27-,33+/m1/s1. The highest BCUT2D eigenvalue weighted by Crippen LogP contribution is 2.37. The van der Waals surface area contributed by atoms with Crippen molar-refractivity contribution in [2.45, 2.75) is 59.0 Å². The summed E-state index contributed by atoms with van der Waals surface area (Å²) in [5.74, 6) is 1.23. The third kappa shape index (κ3) is 7.56. The van der Waals surface area contributed by atoms with Gasteiger partial charge in [0.15, 0.2) is 0 Å². The average Bonchev–Trinajstić information content (AvgIpc) is 3.41. The highest BCUT2D eigenvalue weighted by molar-refractivity contribution is 5.96. The molecular formula is C39H45N5O4. The van der Waals surface area contributed by atoms with Crippen molar-refractivity contribution in [3.63, 3.8) is 0 Å². The first-order chi connectivity index (χ1) is 23.1. The van der Waals surface area contributed by atoms with Crippen molar-refractivity contribution < 1.29 is 19.0 Å². The number of pyridine rings is 1. The molecule has 1 saturated heterocycles. The second kappa shape index (κ2) is 14.0. The molecule has 0 spiro atoms. The topological polar surface area (TPSA) is 82.0 Å². The van der Waals surface area contributed by atoms with Crippen molar-refractivity contribution in [2.75, 3.05) is 25.0 Å². The Kier molecular flexibility index (Phi) is 9.57. The average molecular weight is 648 g/mol. The Bertz CT molecular complexity index is 1850. The lowest BCUT2D eigenvalue weighted by atomic mass is 9.92. The van der Waals surface area contributed by atoms with E-state index in [4.69, 9.17) is 24.3 Å². The molecule has 3 heterocycles. The Balaban J connectivity index is 1.24. The number of aryl methyl sites for hydroxylation is 1. The van der Waals surface area contributed by atoms with Crippen LogP contribution in [-0.2, 0) is 25.0 Å². The number of rotatable bonds is 9. The molecule has 5 aromatic rings. The Labute approximate surface area is 283 Å². The van der Waals surface area contributed by atoms with Gasteiger partial charge in [0.2, 0.25) is 11.8 Å². The zero-order valence-corrected chi connectivity index (χ0v) is 28.7. The van der Waals surface area contributed by atoms with Crippen LogP contribution in [-0.4, -0.2) is 57.5 Å². The third-order valence-corrected chi connectivity index (χ3v) is 8.78. The fourth-order valence-corrected chi connectivity index (χ4v) is 6.31. The highest BCUT2D eigenvalue weighted by Gasteiger charge is 2.33. The molecule has 0 N–H and O–H groups in total. The van der Waals surface area contributed by atoms with Crippen molar-refractivity contribution in [1.29, 1.82) is 0 Å². The summed E-state index contributed by atoms with van der Waals surface area (Å²) in [6.07, 6.45) is 0.590. The monoisotopic (exact) mass is 647 g/mol. The Morgan fingerprint density at radius 3 is 2.23 bits per heavy atom. The van der Waals surface area contributed by atoms with Crippen LogP contribution in [0.15, 0.2) is 91.0 Å². The Morgan fingerprint density at radius 2 is 1.58 bits per heavy atom. The molecule has 2 atom stereocenters. The summed E-state index contributed by atoms with van der Waals surface area (Å²) < 4.78 is 20.0. The lowest BCUT2D eigenvalue weighted by molar-refractivity contribution is 0.0151. The third-order valence-electron chi connectivity index (χ3n) is 8.78. The van der Waals surface area contributed by atoms with Crippen LogP contribution in [0.25, 0.3) is 22.2 Å². The smallest absolute Gasteiger partial charge is 0.410 e. The number of aromatic nitrogens is 3. The van der Waals surface area contributed by atoms with Gasteiger partial charge in [0, 0.05) is 50.4 Å². The van der Waals surface area contributed by atoms with E-state index in [2.05, 4.69) is 30.0 Å². The van der Waals surface area contributed by atoms with E-state index >= 15 is 0 Å². The molecular weight excluding hydrogens is 602 g/mol. The van der Waals surface area contributed by atoms with Gasteiger partial charge in [-0.25, -0.2) is 4.79 Å². The number of carbonyl (C=O) groups is 1. The second-order valence-corrected chi connectivity index (χ2v) is 13.6. The number of carbonyl (C=O) groups excluding carboxylic acids is 1. The quantitative estimate of drug-likeness (QED) is 0.161. The number of fused-ring (bicyclic) bond motifs is 1. The minimum absolute atomic E-state index is 0.115. The van der Waals surface area contributed by atoms with Gasteiger partial charge < -0.3 is 24.0 Å². The molecule has 0 aliphatic carbocycles. The molecule has 6 rings (SSSR count). The van der Waals surface area contributed by atoms with Crippen LogP contribution >= 0.6 is 0 Å². The summed E-state index contributed by atoms with van der Waals surface area (Å²) in [6, 6.07) is 30.6. The summed E-state index contributed by atoms with van der Waals surface area (Å²) >= 11 is 0. The first kappa shape index (κ1) is 32.9. The molecule has 0 bridgehead atoms. The zero-order chi connectivity index (χ0) is 33.8. The van der Waals surface area contributed by atoms with E-state index < -0.39 is 5.60 Å². The van der Waals surface area contributed by atoms with E-state index in [0.29, 0.717) is 25.0 Å². The number of nitrogens with zero attached hydrogens (tertiary/aromatic N) is 5. The van der Waals surface area contributed by atoms with Gasteiger partial charge in [-0.05, 0) is 68.5 Å². The largest absolute Gasteiger partial charge is 0.473 e. The molecule has 0 saturated carbocycles. The predicted octanol–water partition coefficient (Wildman–Crippen LogP) is 7.88. The number of anilines is 1. The van der Waals surface area contributed by atoms with Gasteiger partial charge in [0.25, 0.3) is 0 Å². The van der Waals surface area contributed by atoms with Crippen molar-refractivity contribution in [2.24, 2.45) is 13.0 Å².